The summed E-state index contributed by atoms with van der Waals surface area (Å²) >= 11 is 5.75. The van der Waals surface area contributed by atoms with Crippen LogP contribution >= 0.6 is 11.6 Å². The van der Waals surface area contributed by atoms with E-state index >= 15 is 0 Å². The molecule has 1 heterocycles. The van der Waals surface area contributed by atoms with E-state index in [1.165, 1.54) is 12.4 Å². The van der Waals surface area contributed by atoms with Gasteiger partial charge < -0.3 is 10.4 Å². The summed E-state index contributed by atoms with van der Waals surface area (Å²) in [5, 5.41) is 12.3. The molecule has 2 aromatic rings. The average Bonchev–Trinajstić information content (AvgIpc) is 2.32. The van der Waals surface area contributed by atoms with Crippen molar-refractivity contribution in [1.29, 1.82) is 0 Å². The Bertz CT molecular complexity index is 546. The number of halogens is 1. The van der Waals surface area contributed by atoms with E-state index in [0.29, 0.717) is 16.4 Å². The minimum Gasteiger partial charge on any atom is -0.478 e. The maximum atomic E-state index is 11.0. The number of carboxylic acids is 1. The Morgan fingerprint density at radius 1 is 1.29 bits per heavy atom. The van der Waals surface area contributed by atoms with E-state index in [9.17, 15) is 4.79 Å². The van der Waals surface area contributed by atoms with E-state index in [2.05, 4.69) is 15.3 Å². The van der Waals surface area contributed by atoms with Gasteiger partial charge in [0.1, 0.15) is 6.33 Å². The van der Waals surface area contributed by atoms with Gasteiger partial charge in [-0.25, -0.2) is 14.8 Å². The lowest BCUT2D eigenvalue weighted by molar-refractivity contribution is 0.0698. The van der Waals surface area contributed by atoms with E-state index < -0.39 is 5.97 Å². The number of aromatic nitrogens is 2. The maximum Gasteiger partial charge on any atom is 0.337 e. The number of rotatable bonds is 3. The molecule has 86 valence electrons. The lowest BCUT2D eigenvalue weighted by Gasteiger charge is -2.08. The average molecular weight is 250 g/mol. The highest BCUT2D eigenvalue weighted by molar-refractivity contribution is 6.31. The summed E-state index contributed by atoms with van der Waals surface area (Å²) in [6, 6.07) is 4.59. The normalized spacial score (nSPS) is 9.94. The van der Waals surface area contributed by atoms with Crippen LogP contribution in [-0.4, -0.2) is 21.0 Å². The molecule has 2 rings (SSSR count). The zero-order chi connectivity index (χ0) is 12.3. The minimum atomic E-state index is -1.05. The molecule has 17 heavy (non-hydrogen) atoms. The topological polar surface area (TPSA) is 75.1 Å². The van der Waals surface area contributed by atoms with Crippen LogP contribution in [0.3, 0.4) is 0 Å². The number of aromatic carboxylic acids is 1. The van der Waals surface area contributed by atoms with Crippen LogP contribution in [0, 0.1) is 0 Å². The molecule has 0 aliphatic carbocycles. The number of benzene rings is 1. The first-order chi connectivity index (χ1) is 8.16. The largest absolute Gasteiger partial charge is 0.478 e. The van der Waals surface area contributed by atoms with Gasteiger partial charge in [0.05, 0.1) is 29.3 Å². The molecule has 2 N–H and O–H groups in total. The van der Waals surface area contributed by atoms with E-state index in [1.807, 2.05) is 0 Å². The number of hydrogen-bond donors (Lipinski definition) is 2. The summed E-state index contributed by atoms with van der Waals surface area (Å²) in [7, 11) is 0. The molecular weight excluding hydrogens is 242 g/mol. The fraction of sp³-hybridized carbons (Fsp3) is 0. The smallest absolute Gasteiger partial charge is 0.337 e. The van der Waals surface area contributed by atoms with Crippen LogP contribution in [0.5, 0.6) is 0 Å². The summed E-state index contributed by atoms with van der Waals surface area (Å²) in [5.41, 5.74) is 1.15. The minimum absolute atomic E-state index is 0.0985. The van der Waals surface area contributed by atoms with E-state index in [0.717, 1.165) is 0 Å². The number of nitrogens with one attached hydrogen (secondary N) is 1. The lowest BCUT2D eigenvalue weighted by atomic mass is 10.2. The number of carbonyl (C=O) groups is 1. The Kier molecular flexibility index (Phi) is 3.20. The Labute approximate surface area is 102 Å². The van der Waals surface area contributed by atoms with Crippen LogP contribution in [-0.2, 0) is 0 Å². The Hall–Kier alpha value is -2.14. The molecule has 0 fully saturated rings. The maximum absolute atomic E-state index is 11.0. The molecule has 6 heteroatoms. The highest BCUT2D eigenvalue weighted by atomic mass is 35.5. The monoisotopic (exact) mass is 249 g/mol. The van der Waals surface area contributed by atoms with Crippen LogP contribution in [0.25, 0.3) is 0 Å². The standard InChI is InChI=1S/C11H8ClN3O2/c12-7-1-2-10(9(3-7)11(16)17)15-8-4-13-6-14-5-8/h1-6,15H,(H,16,17). The second-order valence-electron chi connectivity index (χ2n) is 3.25. The molecular formula is C11H8ClN3O2. The third-order valence-corrected chi connectivity index (χ3v) is 2.29. The molecule has 0 spiro atoms. The number of nitrogens with zero attached hydrogens (tertiary/aromatic N) is 2. The van der Waals surface area contributed by atoms with Crippen molar-refractivity contribution in [3.8, 4) is 0 Å². The second kappa shape index (κ2) is 4.80. The molecule has 0 atom stereocenters. The first-order valence-corrected chi connectivity index (χ1v) is 5.09. The van der Waals surface area contributed by atoms with Crippen molar-refractivity contribution in [1.82, 2.24) is 9.97 Å². The van der Waals surface area contributed by atoms with Crippen molar-refractivity contribution in [2.75, 3.05) is 5.32 Å². The van der Waals surface area contributed by atoms with Gasteiger partial charge in [0.2, 0.25) is 0 Å². The van der Waals surface area contributed by atoms with E-state index in [1.54, 1.807) is 24.5 Å². The zero-order valence-electron chi connectivity index (χ0n) is 8.59. The van der Waals surface area contributed by atoms with Crippen LogP contribution < -0.4 is 5.32 Å². The molecule has 0 bridgehead atoms. The third-order valence-electron chi connectivity index (χ3n) is 2.05. The fourth-order valence-electron chi connectivity index (χ4n) is 1.32. The van der Waals surface area contributed by atoms with Crippen LogP contribution in [0.15, 0.2) is 36.9 Å². The van der Waals surface area contributed by atoms with Gasteiger partial charge in [-0.15, -0.1) is 0 Å². The highest BCUT2D eigenvalue weighted by Crippen LogP contribution is 2.23. The van der Waals surface area contributed by atoms with Gasteiger partial charge in [0, 0.05) is 5.02 Å². The summed E-state index contributed by atoms with van der Waals surface area (Å²) in [5.74, 6) is -1.05. The molecule has 0 aliphatic heterocycles. The molecule has 1 aromatic heterocycles. The predicted molar refractivity (Wildman–Crippen MR) is 63.7 cm³/mol. The van der Waals surface area contributed by atoms with Crippen molar-refractivity contribution in [2.24, 2.45) is 0 Å². The summed E-state index contributed by atoms with van der Waals surface area (Å²) in [6.45, 7) is 0. The van der Waals surface area contributed by atoms with Crippen molar-refractivity contribution < 1.29 is 9.90 Å². The van der Waals surface area contributed by atoms with Gasteiger partial charge in [-0.3, -0.25) is 0 Å². The van der Waals surface area contributed by atoms with Gasteiger partial charge in [0.25, 0.3) is 0 Å². The zero-order valence-corrected chi connectivity index (χ0v) is 9.35. The van der Waals surface area contributed by atoms with Gasteiger partial charge >= 0.3 is 5.97 Å². The van der Waals surface area contributed by atoms with Gasteiger partial charge in [0.15, 0.2) is 0 Å². The quantitative estimate of drug-likeness (QED) is 0.874. The molecule has 0 saturated carbocycles. The van der Waals surface area contributed by atoms with Crippen molar-refractivity contribution >= 4 is 28.9 Å². The summed E-state index contributed by atoms with van der Waals surface area (Å²) in [6.07, 6.45) is 4.49. The van der Waals surface area contributed by atoms with Crippen LogP contribution in [0.2, 0.25) is 5.02 Å². The molecule has 1 aromatic carbocycles. The van der Waals surface area contributed by atoms with E-state index in [-0.39, 0.29) is 5.56 Å². The number of carboxylic acid groups (broad SMARTS) is 1. The number of hydrogen-bond acceptors (Lipinski definition) is 4. The van der Waals surface area contributed by atoms with Gasteiger partial charge in [-0.1, -0.05) is 11.6 Å². The fourth-order valence-corrected chi connectivity index (χ4v) is 1.49. The van der Waals surface area contributed by atoms with Crippen molar-refractivity contribution in [3.05, 3.63) is 47.5 Å². The van der Waals surface area contributed by atoms with Crippen molar-refractivity contribution in [2.45, 2.75) is 0 Å². The lowest BCUT2D eigenvalue weighted by Crippen LogP contribution is -2.03. The summed E-state index contributed by atoms with van der Waals surface area (Å²) in [4.78, 5) is 18.7. The Balaban J connectivity index is 2.36. The molecule has 0 radical (unpaired) electrons. The van der Waals surface area contributed by atoms with Crippen LogP contribution in [0.1, 0.15) is 10.4 Å². The predicted octanol–water partition coefficient (Wildman–Crippen LogP) is 2.57. The SMILES string of the molecule is O=C(O)c1cc(Cl)ccc1Nc1cncnc1. The van der Waals surface area contributed by atoms with Crippen LogP contribution in [0.4, 0.5) is 11.4 Å². The number of anilines is 2. The van der Waals surface area contributed by atoms with Gasteiger partial charge in [-0.2, -0.15) is 0 Å². The first kappa shape index (κ1) is 11.3. The van der Waals surface area contributed by atoms with E-state index in [4.69, 9.17) is 16.7 Å². The molecule has 0 amide bonds. The van der Waals surface area contributed by atoms with Gasteiger partial charge in [-0.05, 0) is 18.2 Å². The Morgan fingerprint density at radius 2 is 2.00 bits per heavy atom. The van der Waals surface area contributed by atoms with Crippen molar-refractivity contribution in [3.63, 3.8) is 0 Å². The highest BCUT2D eigenvalue weighted by Gasteiger charge is 2.10. The third kappa shape index (κ3) is 2.70. The summed E-state index contributed by atoms with van der Waals surface area (Å²) < 4.78 is 0. The molecule has 5 nitrogen and oxygen atoms in total. The first-order valence-electron chi connectivity index (χ1n) is 4.71. The molecule has 0 saturated heterocycles. The molecule has 0 unspecified atom stereocenters. The molecule has 0 aliphatic rings. The second-order valence-corrected chi connectivity index (χ2v) is 3.68. The Morgan fingerprint density at radius 3 is 2.65 bits per heavy atom.